The van der Waals surface area contributed by atoms with E-state index in [2.05, 4.69) is 10.6 Å². The van der Waals surface area contributed by atoms with E-state index in [1.165, 1.54) is 17.8 Å². The topological polar surface area (TPSA) is 84.2 Å². The minimum absolute atomic E-state index is 0.231. The first-order chi connectivity index (χ1) is 10.1. The van der Waals surface area contributed by atoms with E-state index in [9.17, 15) is 14.0 Å². The van der Waals surface area contributed by atoms with Gasteiger partial charge in [0.1, 0.15) is 11.9 Å². The van der Waals surface area contributed by atoms with Gasteiger partial charge in [0.15, 0.2) is 0 Å². The maximum atomic E-state index is 13.6. The maximum absolute atomic E-state index is 13.6. The minimum Gasteiger partial charge on any atom is -0.353 e. The first kappa shape index (κ1) is 15.8. The van der Waals surface area contributed by atoms with E-state index in [-0.39, 0.29) is 22.9 Å². The summed E-state index contributed by atoms with van der Waals surface area (Å²) in [5.41, 5.74) is 5.82. The van der Waals surface area contributed by atoms with Gasteiger partial charge in [-0.3, -0.25) is 9.59 Å². The van der Waals surface area contributed by atoms with Crippen molar-refractivity contribution in [2.75, 3.05) is 18.8 Å². The fourth-order valence-electron chi connectivity index (χ4n) is 2.07. The third kappa shape index (κ3) is 4.18. The molecule has 7 heteroatoms. The van der Waals surface area contributed by atoms with E-state index < -0.39 is 6.04 Å². The number of halogens is 1. The Kier molecular flexibility index (Phi) is 5.58. The average molecular weight is 311 g/mol. The summed E-state index contributed by atoms with van der Waals surface area (Å²) in [7, 11) is 0. The van der Waals surface area contributed by atoms with Crippen molar-refractivity contribution < 1.29 is 14.0 Å². The highest BCUT2D eigenvalue weighted by atomic mass is 32.2. The molecule has 1 aromatic carbocycles. The summed E-state index contributed by atoms with van der Waals surface area (Å²) in [5.74, 6) is -0.303. The summed E-state index contributed by atoms with van der Waals surface area (Å²) in [6.07, 6.45) is 0.320. The second kappa shape index (κ2) is 7.42. The van der Waals surface area contributed by atoms with Crippen molar-refractivity contribution in [3.63, 3.8) is 0 Å². The number of hydrogen-bond acceptors (Lipinski definition) is 4. The number of rotatable bonds is 5. The third-order valence-electron chi connectivity index (χ3n) is 3.20. The second-order valence-corrected chi connectivity index (χ2v) is 5.99. The number of thioether (sulfide) groups is 1. The zero-order valence-corrected chi connectivity index (χ0v) is 12.3. The number of hydrogen-bond donors (Lipinski definition) is 3. The van der Waals surface area contributed by atoms with Crippen LogP contribution < -0.4 is 16.4 Å². The molecular formula is C14H18FN3O2S. The van der Waals surface area contributed by atoms with Crippen molar-refractivity contribution >= 4 is 23.6 Å². The van der Waals surface area contributed by atoms with Crippen LogP contribution in [0.5, 0.6) is 0 Å². The summed E-state index contributed by atoms with van der Waals surface area (Å²) in [5, 5.41) is 4.95. The van der Waals surface area contributed by atoms with Gasteiger partial charge in [0.2, 0.25) is 11.8 Å². The van der Waals surface area contributed by atoms with Gasteiger partial charge in [-0.15, -0.1) is 11.8 Å². The number of amides is 2. The van der Waals surface area contributed by atoms with E-state index in [1.54, 1.807) is 18.2 Å². The standard InChI is InChI=1S/C14H18FN3O2S/c15-10-4-2-1-3-9(10)7-12-14(20)18-11(8-21-12)13(19)17-6-5-16/h1-4,11-12H,5-8,16H2,(H,17,19)(H,18,20). The Labute approximate surface area is 126 Å². The first-order valence-electron chi connectivity index (χ1n) is 6.75. The average Bonchev–Trinajstić information content (AvgIpc) is 2.49. The molecule has 1 saturated heterocycles. The molecule has 0 saturated carbocycles. The molecular weight excluding hydrogens is 293 g/mol. The molecule has 1 aromatic rings. The molecule has 2 atom stereocenters. The van der Waals surface area contributed by atoms with Crippen molar-refractivity contribution in [3.8, 4) is 0 Å². The highest BCUT2D eigenvalue weighted by Gasteiger charge is 2.32. The van der Waals surface area contributed by atoms with Gasteiger partial charge in [-0.1, -0.05) is 18.2 Å². The molecule has 0 spiro atoms. The second-order valence-electron chi connectivity index (χ2n) is 4.76. The molecule has 2 unspecified atom stereocenters. The maximum Gasteiger partial charge on any atom is 0.243 e. The predicted molar refractivity (Wildman–Crippen MR) is 80.3 cm³/mol. The van der Waals surface area contributed by atoms with E-state index in [0.29, 0.717) is 30.8 Å². The fourth-order valence-corrected chi connectivity index (χ4v) is 3.25. The molecule has 1 aliphatic heterocycles. The van der Waals surface area contributed by atoms with Crippen LogP contribution in [0.1, 0.15) is 5.56 Å². The summed E-state index contributed by atoms with van der Waals surface area (Å²) in [6, 6.07) is 5.86. The molecule has 114 valence electrons. The highest BCUT2D eigenvalue weighted by Crippen LogP contribution is 2.23. The van der Waals surface area contributed by atoms with Crippen LogP contribution in [0, 0.1) is 5.82 Å². The van der Waals surface area contributed by atoms with Gasteiger partial charge in [0, 0.05) is 18.8 Å². The van der Waals surface area contributed by atoms with Crippen molar-refractivity contribution in [3.05, 3.63) is 35.6 Å². The zero-order chi connectivity index (χ0) is 15.2. The monoisotopic (exact) mass is 311 g/mol. The van der Waals surface area contributed by atoms with Crippen LogP contribution in [-0.4, -0.2) is 41.9 Å². The van der Waals surface area contributed by atoms with Gasteiger partial charge in [-0.2, -0.15) is 0 Å². The van der Waals surface area contributed by atoms with Crippen molar-refractivity contribution in [1.82, 2.24) is 10.6 Å². The van der Waals surface area contributed by atoms with Crippen LogP contribution in [0.25, 0.3) is 0 Å². The van der Waals surface area contributed by atoms with Crippen LogP contribution >= 0.6 is 11.8 Å². The lowest BCUT2D eigenvalue weighted by atomic mass is 10.1. The van der Waals surface area contributed by atoms with Gasteiger partial charge < -0.3 is 16.4 Å². The van der Waals surface area contributed by atoms with Crippen LogP contribution in [0.4, 0.5) is 4.39 Å². The first-order valence-corrected chi connectivity index (χ1v) is 7.80. The molecule has 0 aliphatic carbocycles. The lowest BCUT2D eigenvalue weighted by Gasteiger charge is -2.28. The van der Waals surface area contributed by atoms with Crippen molar-refractivity contribution in [2.45, 2.75) is 17.7 Å². The number of carbonyl (C=O) groups is 2. The summed E-state index contributed by atoms with van der Waals surface area (Å²) in [4.78, 5) is 23.8. The van der Waals surface area contributed by atoms with E-state index in [1.807, 2.05) is 0 Å². The Morgan fingerprint density at radius 1 is 1.48 bits per heavy atom. The lowest BCUT2D eigenvalue weighted by Crippen LogP contribution is -2.55. The quantitative estimate of drug-likeness (QED) is 0.717. The molecule has 2 amide bonds. The van der Waals surface area contributed by atoms with Gasteiger partial charge in [-0.25, -0.2) is 4.39 Å². The minimum atomic E-state index is -0.550. The smallest absolute Gasteiger partial charge is 0.243 e. The Morgan fingerprint density at radius 2 is 2.24 bits per heavy atom. The van der Waals surface area contributed by atoms with Crippen LogP contribution in [-0.2, 0) is 16.0 Å². The van der Waals surface area contributed by atoms with Gasteiger partial charge in [0.05, 0.1) is 5.25 Å². The molecule has 1 heterocycles. The van der Waals surface area contributed by atoms with Crippen LogP contribution in [0.3, 0.4) is 0 Å². The van der Waals surface area contributed by atoms with Gasteiger partial charge in [0.25, 0.3) is 0 Å². The largest absolute Gasteiger partial charge is 0.353 e. The molecule has 0 radical (unpaired) electrons. The molecule has 0 bridgehead atoms. The number of benzene rings is 1. The SMILES string of the molecule is NCCNC(=O)C1CSC(Cc2ccccc2F)C(=O)N1. The normalized spacial score (nSPS) is 21.7. The van der Waals surface area contributed by atoms with Gasteiger partial charge in [-0.05, 0) is 18.1 Å². The molecule has 2 rings (SSSR count). The Balaban J connectivity index is 1.91. The van der Waals surface area contributed by atoms with Crippen molar-refractivity contribution in [2.24, 2.45) is 5.73 Å². The summed E-state index contributed by atoms with van der Waals surface area (Å²) < 4.78 is 13.6. The molecule has 5 nitrogen and oxygen atoms in total. The van der Waals surface area contributed by atoms with Crippen molar-refractivity contribution in [1.29, 1.82) is 0 Å². The Bertz CT molecular complexity index is 527. The van der Waals surface area contributed by atoms with E-state index >= 15 is 0 Å². The van der Waals surface area contributed by atoms with Crippen LogP contribution in [0.2, 0.25) is 0 Å². The number of nitrogens with one attached hydrogen (secondary N) is 2. The molecule has 1 aliphatic rings. The number of nitrogens with two attached hydrogens (primary N) is 1. The predicted octanol–water partition coefficient (Wildman–Crippen LogP) is 0.0433. The fraction of sp³-hybridized carbons (Fsp3) is 0.429. The van der Waals surface area contributed by atoms with Gasteiger partial charge >= 0.3 is 0 Å². The molecule has 4 N–H and O–H groups in total. The molecule has 21 heavy (non-hydrogen) atoms. The third-order valence-corrected chi connectivity index (χ3v) is 4.51. The summed E-state index contributed by atoms with van der Waals surface area (Å²) >= 11 is 1.37. The Morgan fingerprint density at radius 3 is 2.90 bits per heavy atom. The summed E-state index contributed by atoms with van der Waals surface area (Å²) in [6.45, 7) is 0.740. The zero-order valence-electron chi connectivity index (χ0n) is 11.5. The van der Waals surface area contributed by atoms with E-state index in [4.69, 9.17) is 5.73 Å². The molecule has 1 fully saturated rings. The van der Waals surface area contributed by atoms with E-state index in [0.717, 1.165) is 0 Å². The molecule has 0 aromatic heterocycles. The number of carbonyl (C=O) groups excluding carboxylic acids is 2. The highest BCUT2D eigenvalue weighted by molar-refractivity contribution is 8.00. The Hall–Kier alpha value is -1.60. The van der Waals surface area contributed by atoms with Crippen LogP contribution in [0.15, 0.2) is 24.3 Å². The lowest BCUT2D eigenvalue weighted by molar-refractivity contribution is -0.128.